The zero-order valence-electron chi connectivity index (χ0n) is 9.68. The molecule has 1 fully saturated rings. The molecule has 17 heavy (non-hydrogen) atoms. The molecule has 0 saturated carbocycles. The Balaban J connectivity index is 2.19. The maximum absolute atomic E-state index is 11.5. The van der Waals surface area contributed by atoms with Crippen LogP contribution in [-0.4, -0.2) is 29.2 Å². The van der Waals surface area contributed by atoms with E-state index in [1.54, 1.807) is 6.92 Å². The van der Waals surface area contributed by atoms with Gasteiger partial charge in [0.25, 0.3) is 0 Å². The first-order chi connectivity index (χ1) is 8.22. The molecule has 92 valence electrons. The van der Waals surface area contributed by atoms with Crippen LogP contribution < -0.4 is 5.73 Å². The minimum Gasteiger partial charge on any atom is -0.462 e. The summed E-state index contributed by atoms with van der Waals surface area (Å²) in [6.45, 7) is 2.75. The van der Waals surface area contributed by atoms with Crippen LogP contribution in [0.1, 0.15) is 42.1 Å². The minimum absolute atomic E-state index is 0.103. The number of anilines is 1. The Bertz CT molecular complexity index is 416. The molecule has 0 radical (unpaired) electrons. The number of ether oxygens (including phenoxy) is 2. The largest absolute Gasteiger partial charge is 0.462 e. The van der Waals surface area contributed by atoms with Crippen LogP contribution in [0.15, 0.2) is 6.20 Å². The van der Waals surface area contributed by atoms with E-state index in [0.29, 0.717) is 19.0 Å². The first kappa shape index (κ1) is 11.8. The molecule has 6 heteroatoms. The molecule has 0 bridgehead atoms. The second-order valence-electron chi connectivity index (χ2n) is 3.75. The first-order valence-electron chi connectivity index (χ1n) is 5.63. The number of hydrogen-bond acceptors (Lipinski definition) is 6. The summed E-state index contributed by atoms with van der Waals surface area (Å²) < 4.78 is 10.3. The maximum Gasteiger partial charge on any atom is 0.343 e. The van der Waals surface area contributed by atoms with Crippen molar-refractivity contribution < 1.29 is 14.3 Å². The van der Waals surface area contributed by atoms with Gasteiger partial charge in [-0.15, -0.1) is 0 Å². The number of nitrogen functional groups attached to an aromatic ring is 1. The van der Waals surface area contributed by atoms with E-state index in [1.807, 2.05) is 0 Å². The van der Waals surface area contributed by atoms with Gasteiger partial charge in [-0.1, -0.05) is 0 Å². The molecule has 1 unspecified atom stereocenters. The van der Waals surface area contributed by atoms with Gasteiger partial charge in [0, 0.05) is 12.8 Å². The Morgan fingerprint density at radius 3 is 3.12 bits per heavy atom. The Morgan fingerprint density at radius 2 is 2.53 bits per heavy atom. The van der Waals surface area contributed by atoms with Crippen LogP contribution in [0.3, 0.4) is 0 Å². The first-order valence-corrected chi connectivity index (χ1v) is 5.63. The SMILES string of the molecule is CCOC(=O)c1cnc(C2CCCO2)nc1N. The summed E-state index contributed by atoms with van der Waals surface area (Å²) in [5.74, 6) is 0.181. The Morgan fingerprint density at radius 1 is 1.71 bits per heavy atom. The highest BCUT2D eigenvalue weighted by Gasteiger charge is 2.22. The lowest BCUT2D eigenvalue weighted by molar-refractivity contribution is 0.0526. The van der Waals surface area contributed by atoms with Crippen LogP contribution in [0.5, 0.6) is 0 Å². The molecule has 1 aromatic rings. The van der Waals surface area contributed by atoms with Crippen molar-refractivity contribution in [3.63, 3.8) is 0 Å². The van der Waals surface area contributed by atoms with Crippen LogP contribution in [-0.2, 0) is 9.47 Å². The second kappa shape index (κ2) is 5.09. The lowest BCUT2D eigenvalue weighted by Crippen LogP contribution is -2.13. The fourth-order valence-electron chi connectivity index (χ4n) is 1.71. The Kier molecular flexibility index (Phi) is 3.53. The van der Waals surface area contributed by atoms with Crippen molar-refractivity contribution in [3.05, 3.63) is 17.6 Å². The second-order valence-corrected chi connectivity index (χ2v) is 3.75. The third-order valence-electron chi connectivity index (χ3n) is 2.55. The van der Waals surface area contributed by atoms with Gasteiger partial charge >= 0.3 is 5.97 Å². The summed E-state index contributed by atoms with van der Waals surface area (Å²) >= 11 is 0. The molecule has 0 spiro atoms. The van der Waals surface area contributed by atoms with Gasteiger partial charge in [0.1, 0.15) is 17.5 Å². The van der Waals surface area contributed by atoms with Crippen molar-refractivity contribution >= 4 is 11.8 Å². The predicted molar refractivity (Wildman–Crippen MR) is 60.3 cm³/mol. The molecule has 0 amide bonds. The number of rotatable bonds is 3. The summed E-state index contributed by atoms with van der Waals surface area (Å²) in [5.41, 5.74) is 5.92. The van der Waals surface area contributed by atoms with E-state index in [0.717, 1.165) is 12.8 Å². The summed E-state index contributed by atoms with van der Waals surface area (Å²) in [4.78, 5) is 19.7. The molecule has 1 aliphatic heterocycles. The van der Waals surface area contributed by atoms with Crippen LogP contribution in [0, 0.1) is 0 Å². The average Bonchev–Trinajstić information content (AvgIpc) is 2.82. The highest BCUT2D eigenvalue weighted by atomic mass is 16.5. The zero-order valence-corrected chi connectivity index (χ0v) is 9.68. The van der Waals surface area contributed by atoms with Gasteiger partial charge < -0.3 is 15.2 Å². The van der Waals surface area contributed by atoms with Crippen molar-refractivity contribution in [1.29, 1.82) is 0 Å². The molecule has 1 aromatic heterocycles. The molecule has 1 atom stereocenters. The van der Waals surface area contributed by atoms with E-state index in [9.17, 15) is 4.79 Å². The smallest absolute Gasteiger partial charge is 0.343 e. The van der Waals surface area contributed by atoms with Gasteiger partial charge in [0.05, 0.1) is 6.61 Å². The standard InChI is InChI=1S/C11H15N3O3/c1-2-16-11(15)7-6-13-10(14-9(7)12)8-4-3-5-17-8/h6,8H,2-5H2,1H3,(H2,12,13,14). The predicted octanol–water partition coefficient (Wildman–Crippen LogP) is 1.09. The van der Waals surface area contributed by atoms with Gasteiger partial charge in [-0.25, -0.2) is 14.8 Å². The monoisotopic (exact) mass is 237 g/mol. The maximum atomic E-state index is 11.5. The molecular weight excluding hydrogens is 222 g/mol. The summed E-state index contributed by atoms with van der Waals surface area (Å²) in [6.07, 6.45) is 3.18. The highest BCUT2D eigenvalue weighted by molar-refractivity contribution is 5.93. The zero-order chi connectivity index (χ0) is 12.3. The van der Waals surface area contributed by atoms with Crippen LogP contribution in [0.25, 0.3) is 0 Å². The van der Waals surface area contributed by atoms with Crippen molar-refractivity contribution in [2.75, 3.05) is 18.9 Å². The molecule has 2 N–H and O–H groups in total. The molecule has 1 aliphatic rings. The summed E-state index contributed by atoms with van der Waals surface area (Å²) in [5, 5.41) is 0. The van der Waals surface area contributed by atoms with Gasteiger partial charge in [0.15, 0.2) is 5.82 Å². The van der Waals surface area contributed by atoms with Gasteiger partial charge in [0.2, 0.25) is 0 Å². The van der Waals surface area contributed by atoms with E-state index >= 15 is 0 Å². The number of nitrogens with zero attached hydrogens (tertiary/aromatic N) is 2. The van der Waals surface area contributed by atoms with Crippen molar-refractivity contribution in [3.8, 4) is 0 Å². The number of aromatic nitrogens is 2. The third-order valence-corrected chi connectivity index (χ3v) is 2.55. The molecule has 0 aliphatic carbocycles. The quantitative estimate of drug-likeness (QED) is 0.792. The normalized spacial score (nSPS) is 19.2. The Labute approximate surface area is 99.1 Å². The van der Waals surface area contributed by atoms with E-state index in [-0.39, 0.29) is 17.5 Å². The lowest BCUT2D eigenvalue weighted by Gasteiger charge is -2.10. The van der Waals surface area contributed by atoms with E-state index in [1.165, 1.54) is 6.20 Å². The third kappa shape index (κ3) is 2.52. The lowest BCUT2D eigenvalue weighted by atomic mass is 10.2. The summed E-state index contributed by atoms with van der Waals surface area (Å²) in [7, 11) is 0. The fraction of sp³-hybridized carbons (Fsp3) is 0.545. The molecular formula is C11H15N3O3. The number of carbonyl (C=O) groups is 1. The van der Waals surface area contributed by atoms with Crippen LogP contribution in [0.2, 0.25) is 0 Å². The number of carbonyl (C=O) groups excluding carboxylic acids is 1. The van der Waals surface area contributed by atoms with E-state index in [4.69, 9.17) is 15.2 Å². The van der Waals surface area contributed by atoms with Crippen molar-refractivity contribution in [2.24, 2.45) is 0 Å². The highest BCUT2D eigenvalue weighted by Crippen LogP contribution is 2.26. The average molecular weight is 237 g/mol. The molecule has 0 aromatic carbocycles. The summed E-state index contributed by atoms with van der Waals surface area (Å²) in [6, 6.07) is 0. The molecule has 2 rings (SSSR count). The molecule has 1 saturated heterocycles. The number of esters is 1. The van der Waals surface area contributed by atoms with E-state index in [2.05, 4.69) is 9.97 Å². The van der Waals surface area contributed by atoms with E-state index < -0.39 is 5.97 Å². The van der Waals surface area contributed by atoms with Gasteiger partial charge in [-0.3, -0.25) is 0 Å². The van der Waals surface area contributed by atoms with Crippen molar-refractivity contribution in [2.45, 2.75) is 25.9 Å². The van der Waals surface area contributed by atoms with Crippen LogP contribution >= 0.6 is 0 Å². The number of hydrogen-bond donors (Lipinski definition) is 1. The van der Waals surface area contributed by atoms with Gasteiger partial charge in [-0.05, 0) is 19.8 Å². The van der Waals surface area contributed by atoms with Gasteiger partial charge in [-0.2, -0.15) is 0 Å². The number of nitrogens with two attached hydrogens (primary N) is 1. The molecule has 6 nitrogen and oxygen atoms in total. The molecule has 2 heterocycles. The van der Waals surface area contributed by atoms with Crippen LogP contribution in [0.4, 0.5) is 5.82 Å². The fourth-order valence-corrected chi connectivity index (χ4v) is 1.71. The minimum atomic E-state index is -0.496. The topological polar surface area (TPSA) is 87.3 Å². The van der Waals surface area contributed by atoms with Crippen molar-refractivity contribution in [1.82, 2.24) is 9.97 Å². The Hall–Kier alpha value is -1.69.